The van der Waals surface area contributed by atoms with Crippen molar-refractivity contribution in [2.24, 2.45) is 16.6 Å². The van der Waals surface area contributed by atoms with Gasteiger partial charge in [-0.05, 0) is 11.8 Å². The Kier molecular flexibility index (Phi) is 8.02. The fourth-order valence-corrected chi connectivity index (χ4v) is 2.29. The number of hydrogen-bond donors (Lipinski definition) is 3. The topological polar surface area (TPSA) is 162 Å². The maximum absolute atomic E-state index is 11.6. The first-order valence-corrected chi connectivity index (χ1v) is 8.61. The van der Waals surface area contributed by atoms with Crippen LogP contribution in [0.4, 0.5) is 0 Å². The molecule has 0 saturated carbocycles. The van der Waals surface area contributed by atoms with Crippen LogP contribution in [-0.4, -0.2) is 55.5 Å². The lowest BCUT2D eigenvalue weighted by Gasteiger charge is -2.18. The molecule has 22 heavy (non-hydrogen) atoms. The Morgan fingerprint density at radius 1 is 1.41 bits per heavy atom. The zero-order valence-corrected chi connectivity index (χ0v) is 13.6. The summed E-state index contributed by atoms with van der Waals surface area (Å²) < 4.78 is 22.5. The third kappa shape index (κ3) is 6.85. The van der Waals surface area contributed by atoms with E-state index in [1.807, 2.05) is 6.92 Å². The molecule has 0 aliphatic rings. The lowest BCUT2D eigenvalue weighted by molar-refractivity contribution is -0.219. The number of rotatable bonds is 9. The second-order valence-corrected chi connectivity index (χ2v) is 7.25. The van der Waals surface area contributed by atoms with Gasteiger partial charge in [0.15, 0.2) is 15.1 Å². The maximum Gasteiger partial charge on any atom is 0.322 e. The number of aliphatic imine (C=N–C) groups is 1. The number of nitrogens with zero attached hydrogens (tertiary/aromatic N) is 1. The van der Waals surface area contributed by atoms with Crippen molar-refractivity contribution in [2.75, 3.05) is 12.9 Å². The third-order valence-corrected chi connectivity index (χ3v) is 4.62. The van der Waals surface area contributed by atoms with E-state index in [0.717, 1.165) is 6.26 Å². The van der Waals surface area contributed by atoms with Crippen molar-refractivity contribution < 1.29 is 28.2 Å². The molecule has 0 bridgehead atoms. The number of nitrogens with one attached hydrogen (secondary N) is 1. The minimum Gasteiger partial charge on any atom is -0.862 e. The Morgan fingerprint density at radius 2 is 1.95 bits per heavy atom. The number of carboxylic acids is 1. The van der Waals surface area contributed by atoms with Gasteiger partial charge in [0.2, 0.25) is 5.91 Å². The highest BCUT2D eigenvalue weighted by atomic mass is 32.2. The summed E-state index contributed by atoms with van der Waals surface area (Å²) in [4.78, 5) is 25.8. The van der Waals surface area contributed by atoms with E-state index in [0.29, 0.717) is 6.42 Å². The lowest BCUT2D eigenvalue weighted by atomic mass is 10.00. The largest absolute Gasteiger partial charge is 0.862 e. The van der Waals surface area contributed by atoms with Crippen LogP contribution in [0.25, 0.3) is 0 Å². The van der Waals surface area contributed by atoms with Gasteiger partial charge in [-0.2, -0.15) is 0 Å². The SMILES string of the molecule is CCC(C)[C@@H](N)C(=O)NCN=C([O-])CC(C(=O)O)S(C)(=O)=O. The predicted octanol–water partition coefficient (Wildman–Crippen LogP) is -1.92. The van der Waals surface area contributed by atoms with Gasteiger partial charge in [-0.1, -0.05) is 20.3 Å². The summed E-state index contributed by atoms with van der Waals surface area (Å²) in [5, 5.41) is 20.7. The molecule has 0 aromatic rings. The number of carbonyl (C=O) groups excluding carboxylic acids is 1. The van der Waals surface area contributed by atoms with E-state index in [2.05, 4.69) is 10.3 Å². The quantitative estimate of drug-likeness (QED) is 0.326. The molecule has 0 aliphatic heterocycles. The molecule has 0 spiro atoms. The van der Waals surface area contributed by atoms with E-state index in [1.165, 1.54) is 0 Å². The summed E-state index contributed by atoms with van der Waals surface area (Å²) in [7, 11) is -3.92. The van der Waals surface area contributed by atoms with Crippen LogP contribution in [0.15, 0.2) is 4.99 Å². The van der Waals surface area contributed by atoms with Gasteiger partial charge in [-0.3, -0.25) is 14.6 Å². The normalized spacial score (nSPS) is 16.6. The van der Waals surface area contributed by atoms with Gasteiger partial charge in [0.05, 0.1) is 6.04 Å². The summed E-state index contributed by atoms with van der Waals surface area (Å²) in [5.74, 6) is -3.06. The second-order valence-electron chi connectivity index (χ2n) is 5.02. The van der Waals surface area contributed by atoms with Gasteiger partial charge in [-0.15, -0.1) is 0 Å². The highest BCUT2D eigenvalue weighted by molar-refractivity contribution is 7.92. The Bertz CT molecular complexity index is 531. The summed E-state index contributed by atoms with van der Waals surface area (Å²) in [6, 6.07) is -0.738. The molecule has 0 radical (unpaired) electrons. The van der Waals surface area contributed by atoms with Crippen LogP contribution in [0.1, 0.15) is 26.7 Å². The molecule has 0 aromatic heterocycles. The number of carbonyl (C=O) groups is 2. The molecule has 0 aromatic carbocycles. The number of nitrogens with two attached hydrogens (primary N) is 1. The fraction of sp³-hybridized carbons (Fsp3) is 0.750. The molecule has 0 saturated heterocycles. The summed E-state index contributed by atoms with van der Waals surface area (Å²) in [6.45, 7) is 3.30. The zero-order valence-electron chi connectivity index (χ0n) is 12.8. The van der Waals surface area contributed by atoms with Gasteiger partial charge in [-0.25, -0.2) is 8.42 Å². The molecule has 0 heterocycles. The van der Waals surface area contributed by atoms with Crippen LogP contribution in [0.5, 0.6) is 0 Å². The van der Waals surface area contributed by atoms with Crippen molar-refractivity contribution in [3.63, 3.8) is 0 Å². The number of sulfone groups is 1. The van der Waals surface area contributed by atoms with Gasteiger partial charge in [0.1, 0.15) is 6.67 Å². The standard InChI is InChI=1S/C12H23N3O6S/c1-4-7(2)10(13)11(17)15-6-14-9(16)5-8(12(18)19)22(3,20)21/h7-8,10H,4-6,13H2,1-3H3,(H,14,16)(H,15,17)(H,18,19)/p-1/t7?,8?,10-/m1/s1. The zero-order chi connectivity index (χ0) is 17.5. The number of amides is 1. The van der Waals surface area contributed by atoms with Crippen molar-refractivity contribution in [1.82, 2.24) is 5.32 Å². The average molecular weight is 336 g/mol. The van der Waals surface area contributed by atoms with Crippen LogP contribution in [0.3, 0.4) is 0 Å². The molecule has 2 unspecified atom stereocenters. The van der Waals surface area contributed by atoms with Crippen LogP contribution in [0, 0.1) is 5.92 Å². The first-order valence-electron chi connectivity index (χ1n) is 6.66. The average Bonchev–Trinajstić information content (AvgIpc) is 2.41. The minimum absolute atomic E-state index is 0.0441. The van der Waals surface area contributed by atoms with E-state index in [4.69, 9.17) is 10.8 Å². The molecule has 4 N–H and O–H groups in total. The second kappa shape index (κ2) is 8.69. The molecule has 10 heteroatoms. The van der Waals surface area contributed by atoms with Crippen molar-refractivity contribution in [3.05, 3.63) is 0 Å². The van der Waals surface area contributed by atoms with E-state index in [-0.39, 0.29) is 12.6 Å². The van der Waals surface area contributed by atoms with Crippen molar-refractivity contribution in [3.8, 4) is 0 Å². The first-order chi connectivity index (χ1) is 10.0. The van der Waals surface area contributed by atoms with Crippen molar-refractivity contribution in [1.29, 1.82) is 0 Å². The molecule has 0 rings (SSSR count). The molecule has 3 atom stereocenters. The van der Waals surface area contributed by atoms with Crippen LogP contribution < -0.4 is 16.2 Å². The van der Waals surface area contributed by atoms with E-state index >= 15 is 0 Å². The van der Waals surface area contributed by atoms with Crippen molar-refractivity contribution in [2.45, 2.75) is 38.0 Å². The van der Waals surface area contributed by atoms with Gasteiger partial charge >= 0.3 is 5.97 Å². The van der Waals surface area contributed by atoms with Gasteiger partial charge < -0.3 is 21.3 Å². The number of carboxylic acid groups (broad SMARTS) is 1. The van der Waals surface area contributed by atoms with Crippen LogP contribution >= 0.6 is 0 Å². The van der Waals surface area contributed by atoms with Gasteiger partial charge in [0.25, 0.3) is 0 Å². The highest BCUT2D eigenvalue weighted by Gasteiger charge is 2.28. The molecule has 0 aliphatic carbocycles. The number of hydrogen-bond acceptors (Lipinski definition) is 7. The predicted molar refractivity (Wildman–Crippen MR) is 78.8 cm³/mol. The lowest BCUT2D eigenvalue weighted by Crippen LogP contribution is -2.45. The molecule has 9 nitrogen and oxygen atoms in total. The maximum atomic E-state index is 11.6. The Balaban J connectivity index is 4.58. The first kappa shape index (κ1) is 20.3. The molecule has 0 fully saturated rings. The molecular weight excluding hydrogens is 314 g/mol. The Hall–Kier alpha value is -1.68. The Labute approximate surface area is 129 Å². The Morgan fingerprint density at radius 3 is 2.36 bits per heavy atom. The third-order valence-electron chi connectivity index (χ3n) is 3.22. The van der Waals surface area contributed by atoms with E-state index in [9.17, 15) is 23.1 Å². The van der Waals surface area contributed by atoms with Crippen LogP contribution in [0.2, 0.25) is 0 Å². The van der Waals surface area contributed by atoms with Crippen LogP contribution in [-0.2, 0) is 19.4 Å². The highest BCUT2D eigenvalue weighted by Crippen LogP contribution is 2.06. The molecule has 1 amide bonds. The fourth-order valence-electron chi connectivity index (χ4n) is 1.48. The molecular formula is C12H22N3O6S-. The molecule has 128 valence electrons. The van der Waals surface area contributed by atoms with E-state index < -0.39 is 45.3 Å². The van der Waals surface area contributed by atoms with E-state index in [1.54, 1.807) is 6.92 Å². The number of aliphatic carboxylic acids is 1. The minimum atomic E-state index is -3.92. The van der Waals surface area contributed by atoms with Crippen molar-refractivity contribution >= 4 is 27.6 Å². The summed E-state index contributed by atoms with van der Waals surface area (Å²) >= 11 is 0. The monoisotopic (exact) mass is 336 g/mol. The summed E-state index contributed by atoms with van der Waals surface area (Å²) in [5.41, 5.74) is 5.67. The van der Waals surface area contributed by atoms with Gasteiger partial charge in [0, 0.05) is 12.7 Å². The summed E-state index contributed by atoms with van der Waals surface area (Å²) in [6.07, 6.45) is 0.659. The smallest absolute Gasteiger partial charge is 0.322 e.